The van der Waals surface area contributed by atoms with Gasteiger partial charge in [0, 0.05) is 18.7 Å². The van der Waals surface area contributed by atoms with Gasteiger partial charge in [-0.2, -0.15) is 0 Å². The Hall–Kier alpha value is -1.36. The number of likely N-dealkylation sites (tertiary alicyclic amines) is 1. The van der Waals surface area contributed by atoms with Gasteiger partial charge in [0.25, 0.3) is 0 Å². The summed E-state index contributed by atoms with van der Waals surface area (Å²) in [6.07, 6.45) is 2.66. The number of nitrogens with zero attached hydrogens (tertiary/aromatic N) is 3. The van der Waals surface area contributed by atoms with Crippen molar-refractivity contribution in [2.24, 2.45) is 0 Å². The SMILES string of the molecule is Cc1nc(N)c(C)c(NCCN2CCCC2)n1. The summed E-state index contributed by atoms with van der Waals surface area (Å²) in [5.74, 6) is 2.16. The van der Waals surface area contributed by atoms with Crippen LogP contribution in [0, 0.1) is 13.8 Å². The Balaban J connectivity index is 1.89. The van der Waals surface area contributed by atoms with Crippen LogP contribution in [0.2, 0.25) is 0 Å². The maximum atomic E-state index is 5.81. The third kappa shape index (κ3) is 3.06. The maximum Gasteiger partial charge on any atom is 0.134 e. The Kier molecular flexibility index (Phi) is 3.78. The lowest BCUT2D eigenvalue weighted by molar-refractivity contribution is 0.352. The molecule has 1 aliphatic rings. The highest BCUT2D eigenvalue weighted by atomic mass is 15.2. The van der Waals surface area contributed by atoms with E-state index in [-0.39, 0.29) is 0 Å². The van der Waals surface area contributed by atoms with Crippen molar-refractivity contribution in [1.82, 2.24) is 14.9 Å². The van der Waals surface area contributed by atoms with Gasteiger partial charge in [-0.15, -0.1) is 0 Å². The van der Waals surface area contributed by atoms with Gasteiger partial charge in [0.05, 0.1) is 0 Å². The van der Waals surface area contributed by atoms with Crippen LogP contribution in [-0.2, 0) is 0 Å². The number of hydrogen-bond acceptors (Lipinski definition) is 5. The molecule has 0 aromatic carbocycles. The van der Waals surface area contributed by atoms with Crippen LogP contribution in [0.15, 0.2) is 0 Å². The molecule has 3 N–H and O–H groups in total. The molecule has 0 radical (unpaired) electrons. The second-order valence-corrected chi connectivity index (χ2v) is 4.61. The van der Waals surface area contributed by atoms with Crippen LogP contribution >= 0.6 is 0 Å². The number of anilines is 2. The van der Waals surface area contributed by atoms with E-state index in [2.05, 4.69) is 20.2 Å². The quantitative estimate of drug-likeness (QED) is 0.820. The van der Waals surface area contributed by atoms with E-state index in [1.165, 1.54) is 25.9 Å². The molecule has 2 heterocycles. The molecule has 0 bridgehead atoms. The molecule has 0 saturated carbocycles. The van der Waals surface area contributed by atoms with E-state index in [0.29, 0.717) is 5.82 Å². The standard InChI is InChI=1S/C12H21N5/c1-9-11(13)15-10(2)16-12(9)14-5-8-17-6-3-4-7-17/h3-8H2,1-2H3,(H3,13,14,15,16). The molecule has 0 aliphatic carbocycles. The maximum absolute atomic E-state index is 5.81. The fourth-order valence-corrected chi connectivity index (χ4v) is 2.16. The smallest absolute Gasteiger partial charge is 0.134 e. The highest BCUT2D eigenvalue weighted by Gasteiger charge is 2.11. The minimum Gasteiger partial charge on any atom is -0.383 e. The van der Waals surface area contributed by atoms with E-state index in [4.69, 9.17) is 5.73 Å². The summed E-state index contributed by atoms with van der Waals surface area (Å²) in [6, 6.07) is 0. The van der Waals surface area contributed by atoms with Crippen molar-refractivity contribution in [1.29, 1.82) is 0 Å². The molecule has 2 rings (SSSR count). The number of aromatic nitrogens is 2. The fraction of sp³-hybridized carbons (Fsp3) is 0.667. The van der Waals surface area contributed by atoms with Crippen molar-refractivity contribution in [3.05, 3.63) is 11.4 Å². The highest BCUT2D eigenvalue weighted by molar-refractivity contribution is 5.54. The second-order valence-electron chi connectivity index (χ2n) is 4.61. The van der Waals surface area contributed by atoms with Gasteiger partial charge >= 0.3 is 0 Å². The number of nitrogens with one attached hydrogen (secondary N) is 1. The molecule has 1 saturated heterocycles. The van der Waals surface area contributed by atoms with Gasteiger partial charge in [-0.25, -0.2) is 9.97 Å². The molecule has 1 fully saturated rings. The highest BCUT2D eigenvalue weighted by Crippen LogP contribution is 2.16. The fourth-order valence-electron chi connectivity index (χ4n) is 2.16. The lowest BCUT2D eigenvalue weighted by Crippen LogP contribution is -2.26. The predicted octanol–water partition coefficient (Wildman–Crippen LogP) is 1.18. The summed E-state index contributed by atoms with van der Waals surface area (Å²) in [5.41, 5.74) is 6.76. The van der Waals surface area contributed by atoms with E-state index in [9.17, 15) is 0 Å². The molecule has 0 atom stereocenters. The molecule has 94 valence electrons. The summed E-state index contributed by atoms with van der Waals surface area (Å²) in [6.45, 7) is 8.25. The Bertz CT molecular complexity index is 385. The van der Waals surface area contributed by atoms with Gasteiger partial charge in [0.15, 0.2) is 0 Å². The molecule has 1 aliphatic heterocycles. The van der Waals surface area contributed by atoms with Crippen LogP contribution in [-0.4, -0.2) is 41.0 Å². The van der Waals surface area contributed by atoms with Crippen LogP contribution in [0.25, 0.3) is 0 Å². The number of nitrogen functional groups attached to an aromatic ring is 1. The molecule has 1 aromatic heterocycles. The van der Waals surface area contributed by atoms with Gasteiger partial charge < -0.3 is 16.0 Å². The van der Waals surface area contributed by atoms with Crippen molar-refractivity contribution < 1.29 is 0 Å². The molecule has 5 heteroatoms. The van der Waals surface area contributed by atoms with Crippen molar-refractivity contribution >= 4 is 11.6 Å². The predicted molar refractivity (Wildman–Crippen MR) is 70.1 cm³/mol. The number of hydrogen-bond donors (Lipinski definition) is 2. The largest absolute Gasteiger partial charge is 0.383 e. The van der Waals surface area contributed by atoms with Gasteiger partial charge in [-0.3, -0.25) is 0 Å². The molecule has 5 nitrogen and oxygen atoms in total. The molecule has 17 heavy (non-hydrogen) atoms. The first kappa shape index (κ1) is 12.1. The van der Waals surface area contributed by atoms with Gasteiger partial charge in [-0.05, 0) is 39.8 Å². The zero-order valence-corrected chi connectivity index (χ0v) is 10.7. The zero-order valence-electron chi connectivity index (χ0n) is 10.7. The minimum atomic E-state index is 0.571. The summed E-state index contributed by atoms with van der Waals surface area (Å²) in [7, 11) is 0. The van der Waals surface area contributed by atoms with Gasteiger partial charge in [-0.1, -0.05) is 0 Å². The molecule has 1 aromatic rings. The van der Waals surface area contributed by atoms with E-state index >= 15 is 0 Å². The Morgan fingerprint density at radius 1 is 1.24 bits per heavy atom. The zero-order chi connectivity index (χ0) is 12.3. The Labute approximate surface area is 102 Å². The van der Waals surface area contributed by atoms with E-state index in [1.54, 1.807) is 0 Å². The van der Waals surface area contributed by atoms with Crippen LogP contribution in [0.4, 0.5) is 11.6 Å². The summed E-state index contributed by atoms with van der Waals surface area (Å²) < 4.78 is 0. The number of nitrogens with two attached hydrogens (primary N) is 1. The molecular weight excluding hydrogens is 214 g/mol. The van der Waals surface area contributed by atoms with Crippen LogP contribution in [0.1, 0.15) is 24.2 Å². The first-order chi connectivity index (χ1) is 8.16. The normalized spacial score (nSPS) is 16.4. The first-order valence-corrected chi connectivity index (χ1v) is 6.24. The van der Waals surface area contributed by atoms with Crippen molar-refractivity contribution in [3.8, 4) is 0 Å². The number of aryl methyl sites for hydroxylation is 1. The van der Waals surface area contributed by atoms with Crippen molar-refractivity contribution in [2.75, 3.05) is 37.2 Å². The van der Waals surface area contributed by atoms with E-state index in [1.807, 2.05) is 13.8 Å². The Morgan fingerprint density at radius 2 is 1.94 bits per heavy atom. The minimum absolute atomic E-state index is 0.571. The summed E-state index contributed by atoms with van der Waals surface area (Å²) in [5, 5.41) is 3.35. The monoisotopic (exact) mass is 235 g/mol. The van der Waals surface area contributed by atoms with Crippen LogP contribution in [0.3, 0.4) is 0 Å². The van der Waals surface area contributed by atoms with Gasteiger partial charge in [0.2, 0.25) is 0 Å². The van der Waals surface area contributed by atoms with E-state index < -0.39 is 0 Å². The van der Waals surface area contributed by atoms with Crippen LogP contribution < -0.4 is 11.1 Å². The van der Waals surface area contributed by atoms with E-state index in [0.717, 1.165) is 30.3 Å². The molecule has 0 amide bonds. The molecule has 0 unspecified atom stereocenters. The Morgan fingerprint density at radius 3 is 2.65 bits per heavy atom. The summed E-state index contributed by atoms with van der Waals surface area (Å²) in [4.78, 5) is 11.0. The van der Waals surface area contributed by atoms with Crippen molar-refractivity contribution in [3.63, 3.8) is 0 Å². The third-order valence-corrected chi connectivity index (χ3v) is 3.21. The lowest BCUT2D eigenvalue weighted by atomic mass is 10.3. The molecule has 0 spiro atoms. The van der Waals surface area contributed by atoms with Crippen molar-refractivity contribution in [2.45, 2.75) is 26.7 Å². The third-order valence-electron chi connectivity index (χ3n) is 3.21. The first-order valence-electron chi connectivity index (χ1n) is 6.24. The second kappa shape index (κ2) is 5.31. The van der Waals surface area contributed by atoms with Gasteiger partial charge in [0.1, 0.15) is 17.5 Å². The molecular formula is C12H21N5. The average Bonchev–Trinajstić information content (AvgIpc) is 2.78. The lowest BCUT2D eigenvalue weighted by Gasteiger charge is -2.16. The summed E-state index contributed by atoms with van der Waals surface area (Å²) >= 11 is 0. The van der Waals surface area contributed by atoms with Crippen LogP contribution in [0.5, 0.6) is 0 Å². The number of rotatable bonds is 4. The topological polar surface area (TPSA) is 67.1 Å². The average molecular weight is 235 g/mol.